The highest BCUT2D eigenvalue weighted by Crippen LogP contribution is 2.15. The van der Waals surface area contributed by atoms with Crippen LogP contribution in [0.4, 0.5) is 13.2 Å². The van der Waals surface area contributed by atoms with Gasteiger partial charge in [-0.3, -0.25) is 9.19 Å². The second-order valence-electron chi connectivity index (χ2n) is 3.61. The molecule has 0 fully saturated rings. The molecule has 19 heavy (non-hydrogen) atoms. The lowest BCUT2D eigenvalue weighted by atomic mass is 10.3. The van der Waals surface area contributed by atoms with Crippen molar-refractivity contribution in [3.05, 3.63) is 23.5 Å². The second kappa shape index (κ2) is 6.65. The molecule has 0 spiro atoms. The maximum Gasteiger partial charge on any atom is 0.425 e. The van der Waals surface area contributed by atoms with E-state index in [0.717, 1.165) is 6.21 Å². The summed E-state index contributed by atoms with van der Waals surface area (Å²) in [5.74, 6) is 0.438. The van der Waals surface area contributed by atoms with Crippen molar-refractivity contribution in [1.82, 2.24) is 4.98 Å². The van der Waals surface area contributed by atoms with Crippen LogP contribution in [0.1, 0.15) is 18.2 Å². The third-order valence-corrected chi connectivity index (χ3v) is 3.50. The number of alkyl halides is 3. The van der Waals surface area contributed by atoms with Crippen LogP contribution in [0, 0.1) is 6.92 Å². The molecular weight excluding hydrogens is 281 g/mol. The fraction of sp³-hybridized carbons (Fsp3) is 0.455. The molecule has 4 nitrogen and oxygen atoms in total. The average molecular weight is 294 g/mol. The van der Waals surface area contributed by atoms with Crippen LogP contribution >= 0.6 is 0 Å². The van der Waals surface area contributed by atoms with E-state index in [4.69, 9.17) is 0 Å². The van der Waals surface area contributed by atoms with E-state index in [-0.39, 0.29) is 0 Å². The van der Waals surface area contributed by atoms with E-state index in [1.165, 1.54) is 6.20 Å². The third kappa shape index (κ3) is 5.37. The molecule has 1 aromatic heterocycles. The largest absolute Gasteiger partial charge is 0.425 e. The lowest BCUT2D eigenvalue weighted by Gasteiger charge is -2.05. The molecule has 1 rings (SSSR count). The van der Waals surface area contributed by atoms with Crippen molar-refractivity contribution in [2.45, 2.75) is 24.9 Å². The first-order chi connectivity index (χ1) is 8.83. The maximum absolute atomic E-state index is 11.8. The fourth-order valence-corrected chi connectivity index (χ4v) is 2.15. The molecule has 0 aliphatic rings. The number of halogens is 3. The third-order valence-electron chi connectivity index (χ3n) is 2.07. The Hall–Kier alpha value is -1.44. The summed E-state index contributed by atoms with van der Waals surface area (Å²) in [6.07, 6.45) is -1.89. The van der Waals surface area contributed by atoms with Crippen LogP contribution in [0.15, 0.2) is 22.3 Å². The van der Waals surface area contributed by atoms with Gasteiger partial charge >= 0.3 is 6.18 Å². The van der Waals surface area contributed by atoms with E-state index in [1.54, 1.807) is 19.9 Å². The number of hydrogen-bond acceptors (Lipinski definition) is 4. The Bertz CT molecular complexity index is 489. The standard InChI is InChI=1S/C11H13F3N2O2S/c1-3-19(17)10-4-9(5-15-8(10)2)6-16-18-7-11(12,13)14/h4-6H,3,7H2,1-2H3/b16-6+. The van der Waals surface area contributed by atoms with E-state index in [0.29, 0.717) is 21.9 Å². The van der Waals surface area contributed by atoms with Crippen LogP contribution < -0.4 is 0 Å². The van der Waals surface area contributed by atoms with Crippen molar-refractivity contribution in [3.63, 3.8) is 0 Å². The molecule has 0 aliphatic carbocycles. The summed E-state index contributed by atoms with van der Waals surface area (Å²) in [5.41, 5.74) is 1.05. The monoisotopic (exact) mass is 294 g/mol. The molecule has 1 atom stereocenters. The number of aryl methyl sites for hydroxylation is 1. The minimum atomic E-state index is -4.42. The molecule has 0 amide bonds. The molecule has 0 aliphatic heterocycles. The van der Waals surface area contributed by atoms with Crippen molar-refractivity contribution >= 4 is 17.0 Å². The number of rotatable bonds is 5. The Balaban J connectivity index is 2.75. The van der Waals surface area contributed by atoms with E-state index >= 15 is 0 Å². The van der Waals surface area contributed by atoms with Gasteiger partial charge in [0, 0.05) is 17.5 Å². The van der Waals surface area contributed by atoms with E-state index in [9.17, 15) is 17.4 Å². The Morgan fingerprint density at radius 1 is 1.53 bits per heavy atom. The molecule has 1 aromatic rings. The van der Waals surface area contributed by atoms with Gasteiger partial charge in [0.1, 0.15) is 0 Å². The van der Waals surface area contributed by atoms with Gasteiger partial charge in [-0.15, -0.1) is 0 Å². The quantitative estimate of drug-likeness (QED) is 0.619. The highest BCUT2D eigenvalue weighted by atomic mass is 32.2. The molecule has 0 saturated heterocycles. The van der Waals surface area contributed by atoms with Gasteiger partial charge in [0.15, 0.2) is 0 Å². The summed E-state index contributed by atoms with van der Waals surface area (Å²) in [5, 5.41) is 3.20. The van der Waals surface area contributed by atoms with Crippen LogP contribution in [0.25, 0.3) is 0 Å². The molecule has 0 N–H and O–H groups in total. The number of oxime groups is 1. The average Bonchev–Trinajstić information content (AvgIpc) is 2.34. The molecule has 106 valence electrons. The van der Waals surface area contributed by atoms with Gasteiger partial charge in [-0.1, -0.05) is 12.1 Å². The van der Waals surface area contributed by atoms with E-state index < -0.39 is 23.6 Å². The Labute approximate surface area is 111 Å². The summed E-state index contributed by atoms with van der Waals surface area (Å²) in [4.78, 5) is 8.66. The fourth-order valence-electron chi connectivity index (χ4n) is 1.19. The predicted molar refractivity (Wildman–Crippen MR) is 65.5 cm³/mol. The number of pyridine rings is 1. The topological polar surface area (TPSA) is 51.5 Å². The second-order valence-corrected chi connectivity index (χ2v) is 5.32. The first-order valence-corrected chi connectivity index (χ1v) is 6.72. The summed E-state index contributed by atoms with van der Waals surface area (Å²) < 4.78 is 47.1. The molecule has 1 heterocycles. The maximum atomic E-state index is 11.8. The normalized spacial score (nSPS) is 13.7. The Kier molecular flexibility index (Phi) is 5.46. The molecule has 0 bridgehead atoms. The number of nitrogens with zero attached hydrogens (tertiary/aromatic N) is 2. The van der Waals surface area contributed by atoms with Crippen molar-refractivity contribution in [2.75, 3.05) is 12.4 Å². The number of hydrogen-bond donors (Lipinski definition) is 0. The smallest absolute Gasteiger partial charge is 0.386 e. The van der Waals surface area contributed by atoms with Gasteiger partial charge in [0.25, 0.3) is 0 Å². The molecular formula is C11H13F3N2O2S. The summed E-state index contributed by atoms with van der Waals surface area (Å²) >= 11 is 0. The Morgan fingerprint density at radius 2 is 2.21 bits per heavy atom. The van der Waals surface area contributed by atoms with Crippen molar-refractivity contribution < 1.29 is 22.2 Å². The van der Waals surface area contributed by atoms with Gasteiger partial charge in [-0.05, 0) is 13.0 Å². The molecule has 1 unspecified atom stereocenters. The zero-order valence-electron chi connectivity index (χ0n) is 10.4. The highest BCUT2D eigenvalue weighted by Gasteiger charge is 2.28. The Morgan fingerprint density at radius 3 is 2.79 bits per heavy atom. The minimum Gasteiger partial charge on any atom is -0.386 e. The van der Waals surface area contributed by atoms with Gasteiger partial charge in [0.05, 0.1) is 27.6 Å². The highest BCUT2D eigenvalue weighted by molar-refractivity contribution is 7.85. The van der Waals surface area contributed by atoms with Gasteiger partial charge in [-0.2, -0.15) is 13.2 Å². The molecule has 0 saturated carbocycles. The zero-order valence-corrected chi connectivity index (χ0v) is 11.2. The van der Waals surface area contributed by atoms with Crippen LogP contribution in [0.5, 0.6) is 0 Å². The molecule has 0 aromatic carbocycles. The van der Waals surface area contributed by atoms with Crippen LogP contribution in [0.3, 0.4) is 0 Å². The van der Waals surface area contributed by atoms with Gasteiger partial charge in [0.2, 0.25) is 6.61 Å². The van der Waals surface area contributed by atoms with Crippen molar-refractivity contribution in [2.24, 2.45) is 5.16 Å². The number of aromatic nitrogens is 1. The zero-order chi connectivity index (χ0) is 14.5. The van der Waals surface area contributed by atoms with Crippen molar-refractivity contribution in [3.8, 4) is 0 Å². The first-order valence-electron chi connectivity index (χ1n) is 5.40. The van der Waals surface area contributed by atoms with E-state index in [1.807, 2.05) is 0 Å². The predicted octanol–water partition coefficient (Wildman–Crippen LogP) is 2.43. The van der Waals surface area contributed by atoms with Gasteiger partial charge < -0.3 is 4.84 Å². The van der Waals surface area contributed by atoms with Crippen LogP contribution in [0.2, 0.25) is 0 Å². The van der Waals surface area contributed by atoms with Gasteiger partial charge in [-0.25, -0.2) is 0 Å². The van der Waals surface area contributed by atoms with Crippen molar-refractivity contribution in [1.29, 1.82) is 0 Å². The minimum absolute atomic E-state index is 0.435. The van der Waals surface area contributed by atoms with Crippen LogP contribution in [-0.2, 0) is 15.6 Å². The molecule has 8 heteroatoms. The summed E-state index contributed by atoms with van der Waals surface area (Å²) in [6.45, 7) is 2.03. The van der Waals surface area contributed by atoms with E-state index in [2.05, 4.69) is 15.0 Å². The lowest BCUT2D eigenvalue weighted by molar-refractivity contribution is -0.173. The molecule has 0 radical (unpaired) electrons. The summed E-state index contributed by atoms with van der Waals surface area (Å²) in [6, 6.07) is 1.57. The van der Waals surface area contributed by atoms with Crippen LogP contribution in [-0.4, -0.2) is 33.9 Å². The SMILES string of the molecule is CCS(=O)c1cc(/C=N/OCC(F)(F)F)cnc1C. The first kappa shape index (κ1) is 15.6. The lowest BCUT2D eigenvalue weighted by Crippen LogP contribution is -2.14. The summed E-state index contributed by atoms with van der Waals surface area (Å²) in [7, 11) is -1.18.